The van der Waals surface area contributed by atoms with E-state index in [-0.39, 0.29) is 5.69 Å². The lowest BCUT2D eigenvalue weighted by Crippen LogP contribution is -2.15. The summed E-state index contributed by atoms with van der Waals surface area (Å²) in [5.74, 6) is 0. The smallest absolute Gasteiger partial charge is 0.294 e. The molecule has 0 aliphatic heterocycles. The number of aliphatic hydroxyl groups is 1. The first-order chi connectivity index (χ1) is 7.41. The summed E-state index contributed by atoms with van der Waals surface area (Å²) in [5, 5.41) is 22.7. The maximum atomic E-state index is 10.9. The Kier molecular flexibility index (Phi) is 3.68. The third-order valence-electron chi connectivity index (χ3n) is 2.03. The summed E-state index contributed by atoms with van der Waals surface area (Å²) in [6, 6.07) is 4.74. The highest BCUT2D eigenvalue weighted by atomic mass is 16.6. The van der Waals surface area contributed by atoms with E-state index in [1.165, 1.54) is 6.07 Å². The van der Waals surface area contributed by atoms with Crippen molar-refractivity contribution in [3.8, 4) is 0 Å². The molecule has 0 amide bonds. The van der Waals surface area contributed by atoms with E-state index in [4.69, 9.17) is 5.11 Å². The number of nitrogens with zero attached hydrogens (tertiary/aromatic N) is 2. The predicted molar refractivity (Wildman–Crippen MR) is 62.7 cm³/mol. The number of rotatable bonds is 4. The molecule has 0 aromatic heterocycles. The number of aliphatic hydroxyl groups excluding tert-OH is 1. The fraction of sp³-hybridized carbons (Fsp3) is 0.400. The van der Waals surface area contributed by atoms with E-state index < -0.39 is 11.2 Å². The van der Waals surface area contributed by atoms with Crippen LogP contribution in [-0.4, -0.2) is 30.4 Å². The second kappa shape index (κ2) is 4.80. The predicted octanol–water partition coefficient (Wildman–Crippen LogP) is 1.41. The van der Waals surface area contributed by atoms with E-state index in [0.717, 1.165) is 0 Å². The Labute approximate surface area is 93.6 Å². The summed E-state index contributed by atoms with van der Waals surface area (Å²) in [6.07, 6.45) is -0.746. The van der Waals surface area contributed by atoms with Crippen LogP contribution < -0.4 is 10.2 Å². The summed E-state index contributed by atoms with van der Waals surface area (Å²) >= 11 is 0. The van der Waals surface area contributed by atoms with E-state index in [2.05, 4.69) is 5.32 Å². The van der Waals surface area contributed by atoms with Crippen LogP contribution in [0.5, 0.6) is 0 Å². The first-order valence-electron chi connectivity index (χ1n) is 4.82. The zero-order chi connectivity index (χ0) is 12.3. The lowest BCUT2D eigenvalue weighted by atomic mass is 10.2. The summed E-state index contributed by atoms with van der Waals surface area (Å²) in [6.45, 7) is 1.55. The van der Waals surface area contributed by atoms with Gasteiger partial charge in [0.15, 0.2) is 0 Å². The molecule has 0 fully saturated rings. The summed E-state index contributed by atoms with van der Waals surface area (Å²) in [5.41, 5.74) is 1.06. The van der Waals surface area contributed by atoms with Crippen molar-refractivity contribution in [3.63, 3.8) is 0 Å². The van der Waals surface area contributed by atoms with Crippen molar-refractivity contribution >= 4 is 17.1 Å². The molecule has 0 heterocycles. The lowest BCUT2D eigenvalue weighted by molar-refractivity contribution is -0.384. The first kappa shape index (κ1) is 12.3. The molecule has 0 spiro atoms. The fourth-order valence-electron chi connectivity index (χ4n) is 1.38. The van der Waals surface area contributed by atoms with Gasteiger partial charge in [0.2, 0.25) is 0 Å². The molecule has 1 aromatic rings. The van der Waals surface area contributed by atoms with Crippen molar-refractivity contribution in [1.29, 1.82) is 0 Å². The highest BCUT2D eigenvalue weighted by Gasteiger charge is 2.16. The molecule has 1 atom stereocenters. The third kappa shape index (κ3) is 2.83. The van der Waals surface area contributed by atoms with Crippen molar-refractivity contribution in [2.45, 2.75) is 13.2 Å². The van der Waals surface area contributed by atoms with E-state index in [0.29, 0.717) is 11.4 Å². The minimum Gasteiger partial charge on any atom is -0.374 e. The van der Waals surface area contributed by atoms with Gasteiger partial charge < -0.3 is 15.3 Å². The molecular weight excluding hydrogens is 210 g/mol. The molecule has 16 heavy (non-hydrogen) atoms. The molecule has 1 aromatic carbocycles. The Hall–Kier alpha value is -1.82. The number of anilines is 2. The molecule has 0 aliphatic rings. The quantitative estimate of drug-likeness (QED) is 0.460. The van der Waals surface area contributed by atoms with Gasteiger partial charge in [-0.25, -0.2) is 0 Å². The third-order valence-corrected chi connectivity index (χ3v) is 2.03. The van der Waals surface area contributed by atoms with E-state index in [1.54, 1.807) is 38.1 Å². The van der Waals surface area contributed by atoms with Crippen LogP contribution in [0.4, 0.5) is 17.1 Å². The molecule has 0 aliphatic carbocycles. The topological polar surface area (TPSA) is 78.6 Å². The van der Waals surface area contributed by atoms with Gasteiger partial charge in [-0.1, -0.05) is 0 Å². The lowest BCUT2D eigenvalue weighted by Gasteiger charge is -2.14. The minimum absolute atomic E-state index is 0.00986. The van der Waals surface area contributed by atoms with Gasteiger partial charge in [0.05, 0.1) is 4.92 Å². The maximum Gasteiger partial charge on any atom is 0.294 e. The van der Waals surface area contributed by atoms with Gasteiger partial charge in [-0.05, 0) is 19.1 Å². The second-order valence-electron chi connectivity index (χ2n) is 3.68. The number of nitro groups is 1. The van der Waals surface area contributed by atoms with Gasteiger partial charge in [0, 0.05) is 25.8 Å². The highest BCUT2D eigenvalue weighted by Crippen LogP contribution is 2.29. The molecule has 2 N–H and O–H groups in total. The van der Waals surface area contributed by atoms with E-state index >= 15 is 0 Å². The summed E-state index contributed by atoms with van der Waals surface area (Å²) in [7, 11) is 3.48. The van der Waals surface area contributed by atoms with Gasteiger partial charge in [-0.15, -0.1) is 0 Å². The number of nitro benzene ring substituents is 1. The molecule has 6 nitrogen and oxygen atoms in total. The molecule has 0 radical (unpaired) electrons. The normalized spacial score (nSPS) is 12.0. The van der Waals surface area contributed by atoms with Gasteiger partial charge in [-0.2, -0.15) is 0 Å². The van der Waals surface area contributed by atoms with Crippen LogP contribution in [0, 0.1) is 10.1 Å². The molecule has 1 unspecified atom stereocenters. The second-order valence-corrected chi connectivity index (χ2v) is 3.68. The van der Waals surface area contributed by atoms with Crippen LogP contribution in [0.3, 0.4) is 0 Å². The molecule has 0 saturated heterocycles. The average Bonchev–Trinajstić information content (AvgIpc) is 2.16. The molecule has 0 bridgehead atoms. The van der Waals surface area contributed by atoms with Crippen LogP contribution in [-0.2, 0) is 0 Å². The number of hydrogen-bond acceptors (Lipinski definition) is 5. The van der Waals surface area contributed by atoms with Crippen LogP contribution in [0.2, 0.25) is 0 Å². The molecule has 0 saturated carbocycles. The van der Waals surface area contributed by atoms with Crippen molar-refractivity contribution in [2.24, 2.45) is 0 Å². The zero-order valence-corrected chi connectivity index (χ0v) is 9.47. The first-order valence-corrected chi connectivity index (χ1v) is 4.82. The zero-order valence-electron chi connectivity index (χ0n) is 9.47. The van der Waals surface area contributed by atoms with Gasteiger partial charge in [0.1, 0.15) is 11.9 Å². The number of hydrogen-bond donors (Lipinski definition) is 2. The highest BCUT2D eigenvalue weighted by molar-refractivity contribution is 5.68. The van der Waals surface area contributed by atoms with Crippen LogP contribution in [0.15, 0.2) is 18.2 Å². The van der Waals surface area contributed by atoms with Crippen molar-refractivity contribution in [2.75, 3.05) is 24.3 Å². The summed E-state index contributed by atoms with van der Waals surface area (Å²) in [4.78, 5) is 12.1. The van der Waals surface area contributed by atoms with Gasteiger partial charge >= 0.3 is 0 Å². The van der Waals surface area contributed by atoms with Gasteiger partial charge in [-0.3, -0.25) is 10.1 Å². The number of nitrogens with one attached hydrogen (secondary N) is 1. The maximum absolute atomic E-state index is 10.9. The Morgan fingerprint density at radius 2 is 2.12 bits per heavy atom. The van der Waals surface area contributed by atoms with Crippen molar-refractivity contribution < 1.29 is 10.0 Å². The Morgan fingerprint density at radius 1 is 1.50 bits per heavy atom. The van der Waals surface area contributed by atoms with E-state index in [1.807, 2.05) is 0 Å². The SMILES string of the molecule is CC(O)Nc1ccc(N(C)C)c([N+](=O)[O-])c1. The minimum atomic E-state index is -0.746. The standard InChI is InChI=1S/C10H15N3O3/c1-7(14)11-8-4-5-9(12(2)3)10(6-8)13(15)16/h4-7,11,14H,1-3H3. The fourth-order valence-corrected chi connectivity index (χ4v) is 1.38. The molecule has 88 valence electrons. The Balaban J connectivity index is 3.12. The Bertz CT molecular complexity index is 391. The largest absolute Gasteiger partial charge is 0.374 e. The molecular formula is C10H15N3O3. The van der Waals surface area contributed by atoms with E-state index in [9.17, 15) is 10.1 Å². The van der Waals surface area contributed by atoms with Crippen molar-refractivity contribution in [3.05, 3.63) is 28.3 Å². The van der Waals surface area contributed by atoms with Crippen LogP contribution >= 0.6 is 0 Å². The van der Waals surface area contributed by atoms with Gasteiger partial charge in [0.25, 0.3) is 5.69 Å². The van der Waals surface area contributed by atoms with Crippen LogP contribution in [0.1, 0.15) is 6.92 Å². The average molecular weight is 225 g/mol. The molecule has 6 heteroatoms. The monoisotopic (exact) mass is 225 g/mol. The Morgan fingerprint density at radius 3 is 2.56 bits per heavy atom. The van der Waals surface area contributed by atoms with Crippen molar-refractivity contribution in [1.82, 2.24) is 0 Å². The molecule has 1 rings (SSSR count). The summed E-state index contributed by atoms with van der Waals surface area (Å²) < 4.78 is 0. The number of benzene rings is 1. The van der Waals surface area contributed by atoms with Crippen LogP contribution in [0.25, 0.3) is 0 Å².